The van der Waals surface area contributed by atoms with Gasteiger partial charge in [-0.1, -0.05) is 12.1 Å². The first-order chi connectivity index (χ1) is 12.7. The summed E-state index contributed by atoms with van der Waals surface area (Å²) in [5.41, 5.74) is 1.24. The number of ether oxygens (including phenoxy) is 3. The Kier molecular flexibility index (Phi) is 6.74. The Morgan fingerprint density at radius 2 is 2.08 bits per heavy atom. The Bertz CT molecular complexity index is 587. The predicted octanol–water partition coefficient (Wildman–Crippen LogP) is 2.56. The van der Waals surface area contributed by atoms with Crippen LogP contribution in [0.4, 0.5) is 4.79 Å². The summed E-state index contributed by atoms with van der Waals surface area (Å²) >= 11 is 0. The van der Waals surface area contributed by atoms with E-state index in [9.17, 15) is 4.79 Å². The summed E-state index contributed by atoms with van der Waals surface area (Å²) in [5.74, 6) is 0.890. The summed E-state index contributed by atoms with van der Waals surface area (Å²) in [7, 11) is 1.70. The molecule has 1 aromatic rings. The van der Waals surface area contributed by atoms with Gasteiger partial charge in [-0.3, -0.25) is 4.90 Å². The Morgan fingerprint density at radius 1 is 1.27 bits per heavy atom. The van der Waals surface area contributed by atoms with Crippen LogP contribution in [0.15, 0.2) is 24.3 Å². The molecule has 1 unspecified atom stereocenters. The molecule has 0 bridgehead atoms. The Hall–Kier alpha value is -1.79. The van der Waals surface area contributed by atoms with E-state index in [2.05, 4.69) is 17.0 Å². The van der Waals surface area contributed by atoms with Gasteiger partial charge in [0.05, 0.1) is 26.4 Å². The second-order valence-electron chi connectivity index (χ2n) is 6.96. The van der Waals surface area contributed by atoms with Gasteiger partial charge in [-0.2, -0.15) is 0 Å². The summed E-state index contributed by atoms with van der Waals surface area (Å²) < 4.78 is 16.4. The van der Waals surface area contributed by atoms with Crippen molar-refractivity contribution >= 4 is 6.09 Å². The largest absolute Gasteiger partial charge is 0.497 e. The molecule has 2 fully saturated rings. The molecule has 1 atom stereocenters. The lowest BCUT2D eigenvalue weighted by molar-refractivity contribution is -0.0507. The van der Waals surface area contributed by atoms with Gasteiger partial charge in [-0.25, -0.2) is 4.79 Å². The molecule has 0 aromatic heterocycles. The number of nitrogens with zero attached hydrogens (tertiary/aromatic N) is 2. The highest BCUT2D eigenvalue weighted by atomic mass is 16.6. The second kappa shape index (κ2) is 9.24. The Labute approximate surface area is 156 Å². The van der Waals surface area contributed by atoms with E-state index in [1.54, 1.807) is 7.11 Å². The summed E-state index contributed by atoms with van der Waals surface area (Å²) in [4.78, 5) is 16.2. The van der Waals surface area contributed by atoms with E-state index in [0.717, 1.165) is 57.8 Å². The van der Waals surface area contributed by atoms with Gasteiger partial charge in [0.15, 0.2) is 0 Å². The number of methoxy groups -OCH3 is 1. The van der Waals surface area contributed by atoms with Crippen molar-refractivity contribution in [3.05, 3.63) is 29.8 Å². The van der Waals surface area contributed by atoms with Crippen molar-refractivity contribution in [1.82, 2.24) is 9.80 Å². The van der Waals surface area contributed by atoms with E-state index >= 15 is 0 Å². The minimum Gasteiger partial charge on any atom is -0.497 e. The first-order valence-corrected chi connectivity index (χ1v) is 9.60. The third kappa shape index (κ3) is 4.89. The molecule has 1 amide bonds. The molecule has 2 aliphatic rings. The van der Waals surface area contributed by atoms with Crippen LogP contribution in [0, 0.1) is 0 Å². The number of benzene rings is 1. The zero-order valence-corrected chi connectivity index (χ0v) is 15.9. The number of hydrogen-bond acceptors (Lipinski definition) is 5. The fourth-order valence-corrected chi connectivity index (χ4v) is 3.89. The number of morpholine rings is 1. The summed E-state index contributed by atoms with van der Waals surface area (Å²) in [6, 6.07) is 8.73. The Balaban J connectivity index is 1.50. The van der Waals surface area contributed by atoms with Gasteiger partial charge in [-0.15, -0.1) is 0 Å². The first kappa shape index (κ1) is 19.0. The van der Waals surface area contributed by atoms with Crippen molar-refractivity contribution in [3.8, 4) is 5.75 Å². The number of hydrogen-bond donors (Lipinski definition) is 0. The van der Waals surface area contributed by atoms with Gasteiger partial charge in [0.2, 0.25) is 0 Å². The number of rotatable bonds is 5. The van der Waals surface area contributed by atoms with Crippen molar-refractivity contribution in [2.75, 3.05) is 46.5 Å². The number of likely N-dealkylation sites (tertiary alicyclic amines) is 1. The van der Waals surface area contributed by atoms with Crippen molar-refractivity contribution in [3.63, 3.8) is 0 Å². The molecule has 144 valence electrons. The summed E-state index contributed by atoms with van der Waals surface area (Å²) in [6.45, 7) is 6.53. The zero-order chi connectivity index (χ0) is 18.4. The number of piperidine rings is 1. The fraction of sp³-hybridized carbons (Fsp3) is 0.650. The molecule has 0 N–H and O–H groups in total. The topological polar surface area (TPSA) is 51.2 Å². The maximum Gasteiger partial charge on any atom is 0.409 e. The first-order valence-electron chi connectivity index (χ1n) is 9.60. The number of carbonyl (C=O) groups excluding carboxylic acids is 1. The van der Waals surface area contributed by atoms with Gasteiger partial charge in [-0.05, 0) is 37.5 Å². The molecule has 0 radical (unpaired) electrons. The van der Waals surface area contributed by atoms with Gasteiger partial charge < -0.3 is 19.1 Å². The van der Waals surface area contributed by atoms with E-state index in [-0.39, 0.29) is 12.2 Å². The van der Waals surface area contributed by atoms with E-state index in [4.69, 9.17) is 14.2 Å². The minimum absolute atomic E-state index is 0.177. The van der Waals surface area contributed by atoms with Crippen LogP contribution in [0.2, 0.25) is 0 Å². The lowest BCUT2D eigenvalue weighted by Crippen LogP contribution is -2.52. The molecule has 26 heavy (non-hydrogen) atoms. The standard InChI is InChI=1S/C20H30N2O4/c1-3-25-20(23)21-9-7-17(8-10-21)22-11-12-26-19(15-22)14-16-5-4-6-18(13-16)24-2/h4-6,13,17,19H,3,7-12,14-15H2,1-2H3. The van der Waals surface area contributed by atoms with Crippen LogP contribution in [-0.4, -0.2) is 74.5 Å². The highest BCUT2D eigenvalue weighted by Crippen LogP contribution is 2.22. The van der Waals surface area contributed by atoms with E-state index in [1.807, 2.05) is 24.0 Å². The molecule has 0 aliphatic carbocycles. The lowest BCUT2D eigenvalue weighted by atomic mass is 10.0. The third-order valence-corrected chi connectivity index (χ3v) is 5.27. The predicted molar refractivity (Wildman–Crippen MR) is 99.6 cm³/mol. The normalized spacial score (nSPS) is 22.2. The fourth-order valence-electron chi connectivity index (χ4n) is 3.89. The Morgan fingerprint density at radius 3 is 2.81 bits per heavy atom. The molecule has 0 saturated carbocycles. The maximum absolute atomic E-state index is 11.8. The van der Waals surface area contributed by atoms with Crippen LogP contribution >= 0.6 is 0 Å². The van der Waals surface area contributed by atoms with E-state index in [1.165, 1.54) is 5.56 Å². The molecule has 2 aliphatic heterocycles. The van der Waals surface area contributed by atoms with Crippen molar-refractivity contribution in [2.45, 2.75) is 38.3 Å². The zero-order valence-electron chi connectivity index (χ0n) is 15.9. The summed E-state index contributed by atoms with van der Waals surface area (Å²) in [5, 5.41) is 0. The summed E-state index contributed by atoms with van der Waals surface area (Å²) in [6.07, 6.45) is 2.94. The quantitative estimate of drug-likeness (QED) is 0.806. The highest BCUT2D eigenvalue weighted by molar-refractivity contribution is 5.67. The molecule has 2 saturated heterocycles. The average molecular weight is 362 g/mol. The molecule has 2 heterocycles. The van der Waals surface area contributed by atoms with Crippen LogP contribution in [0.3, 0.4) is 0 Å². The van der Waals surface area contributed by atoms with Crippen LogP contribution in [-0.2, 0) is 15.9 Å². The smallest absolute Gasteiger partial charge is 0.409 e. The lowest BCUT2D eigenvalue weighted by Gasteiger charge is -2.42. The molecule has 6 heteroatoms. The molecule has 0 spiro atoms. The van der Waals surface area contributed by atoms with Crippen LogP contribution in [0.5, 0.6) is 5.75 Å². The minimum atomic E-state index is -0.177. The SMILES string of the molecule is CCOC(=O)N1CCC(N2CCOC(Cc3cccc(OC)c3)C2)CC1. The second-order valence-corrected chi connectivity index (χ2v) is 6.96. The van der Waals surface area contributed by atoms with Gasteiger partial charge >= 0.3 is 6.09 Å². The van der Waals surface area contributed by atoms with Crippen LogP contribution < -0.4 is 4.74 Å². The van der Waals surface area contributed by atoms with Crippen LogP contribution in [0.25, 0.3) is 0 Å². The van der Waals surface area contributed by atoms with Gasteiger partial charge in [0.25, 0.3) is 0 Å². The molecular weight excluding hydrogens is 332 g/mol. The molecular formula is C20H30N2O4. The molecule has 3 rings (SSSR count). The number of amides is 1. The number of carbonyl (C=O) groups is 1. The molecule has 6 nitrogen and oxygen atoms in total. The highest BCUT2D eigenvalue weighted by Gasteiger charge is 2.31. The van der Waals surface area contributed by atoms with Gasteiger partial charge in [0.1, 0.15) is 5.75 Å². The third-order valence-electron chi connectivity index (χ3n) is 5.27. The van der Waals surface area contributed by atoms with Crippen molar-refractivity contribution < 1.29 is 19.0 Å². The van der Waals surface area contributed by atoms with Gasteiger partial charge in [0, 0.05) is 38.6 Å². The monoisotopic (exact) mass is 362 g/mol. The van der Waals surface area contributed by atoms with E-state index in [0.29, 0.717) is 12.6 Å². The van der Waals surface area contributed by atoms with Crippen molar-refractivity contribution in [1.29, 1.82) is 0 Å². The van der Waals surface area contributed by atoms with Crippen molar-refractivity contribution in [2.24, 2.45) is 0 Å². The molecule has 1 aromatic carbocycles. The maximum atomic E-state index is 11.8. The average Bonchev–Trinajstić information content (AvgIpc) is 2.69. The van der Waals surface area contributed by atoms with E-state index < -0.39 is 0 Å². The van der Waals surface area contributed by atoms with Crippen LogP contribution in [0.1, 0.15) is 25.3 Å².